The summed E-state index contributed by atoms with van der Waals surface area (Å²) in [5.74, 6) is 2.23. The van der Waals surface area contributed by atoms with E-state index in [1.807, 2.05) is 0 Å². The second kappa shape index (κ2) is 13.1. The van der Waals surface area contributed by atoms with Gasteiger partial charge in [-0.15, -0.1) is 0 Å². The van der Waals surface area contributed by atoms with Gasteiger partial charge in [-0.05, 0) is 60.7 Å². The van der Waals surface area contributed by atoms with E-state index < -0.39 is 11.9 Å². The Morgan fingerprint density at radius 3 is 1.26 bits per heavy atom. The first-order chi connectivity index (χ1) is 22.4. The number of benzene rings is 4. The van der Waals surface area contributed by atoms with E-state index >= 15 is 0 Å². The number of esters is 2. The molecule has 0 spiro atoms. The highest BCUT2D eigenvalue weighted by Gasteiger charge is 2.35. The first-order valence-corrected chi connectivity index (χ1v) is 14.1. The largest absolute Gasteiger partial charge is 0.497 e. The van der Waals surface area contributed by atoms with Crippen LogP contribution in [0.2, 0.25) is 0 Å². The topological polar surface area (TPSA) is 126 Å². The fraction of sp³-hybridized carbons (Fsp3) is 0.235. The van der Waals surface area contributed by atoms with Gasteiger partial charge in [-0.1, -0.05) is 0 Å². The highest BCUT2D eigenvalue weighted by Crippen LogP contribution is 2.56. The molecule has 0 unspecified atom stereocenters. The first kappa shape index (κ1) is 30.3. The third-order valence-electron chi connectivity index (χ3n) is 7.44. The van der Waals surface area contributed by atoms with Gasteiger partial charge in [0.2, 0.25) is 25.1 Å². The zero-order chi connectivity index (χ0) is 32.2. The summed E-state index contributed by atoms with van der Waals surface area (Å²) in [6, 6.07) is 16.5. The number of carbonyl (C=O) groups is 2. The van der Waals surface area contributed by atoms with Crippen LogP contribution in [0.15, 0.2) is 60.7 Å². The lowest BCUT2D eigenvalue weighted by Crippen LogP contribution is -2.09. The lowest BCUT2D eigenvalue weighted by Gasteiger charge is -2.20. The number of hydrogen-bond donors (Lipinski definition) is 0. The molecule has 2 aliphatic rings. The maximum atomic E-state index is 13.1. The van der Waals surface area contributed by atoms with E-state index in [1.54, 1.807) is 74.9 Å². The Hall–Kier alpha value is -5.78. The minimum atomic E-state index is -0.557. The van der Waals surface area contributed by atoms with Crippen molar-refractivity contribution in [3.8, 4) is 57.1 Å². The molecule has 0 amide bonds. The molecule has 2 heterocycles. The Balaban J connectivity index is 1.42. The second-order valence-corrected chi connectivity index (χ2v) is 9.96. The number of methoxy groups -OCH3 is 4. The van der Waals surface area contributed by atoms with Gasteiger partial charge in [0.1, 0.15) is 24.7 Å². The van der Waals surface area contributed by atoms with Crippen LogP contribution in [0.3, 0.4) is 0 Å². The molecule has 0 fully saturated rings. The number of ether oxygens (including phenoxy) is 10. The van der Waals surface area contributed by atoms with Crippen LogP contribution in [0.4, 0.5) is 0 Å². The standard InChI is InChI=1S/C34H30O12/c1-37-23-9-5-19(6-10-23)33(35)41-15-21-13-25(39-3)29-31(45-17-43-29)27(21)28-22(14-26(40-4)30-32(28)46-18-44-30)16-42-34(36)20-7-11-24(38-2)12-8-20/h5-14H,15-18H2,1-4H3. The van der Waals surface area contributed by atoms with Crippen molar-refractivity contribution in [2.45, 2.75) is 13.2 Å². The molecule has 4 aromatic carbocycles. The monoisotopic (exact) mass is 630 g/mol. The van der Waals surface area contributed by atoms with Gasteiger partial charge in [0, 0.05) is 22.3 Å². The molecular weight excluding hydrogens is 600 g/mol. The lowest BCUT2D eigenvalue weighted by molar-refractivity contribution is 0.0462. The quantitative estimate of drug-likeness (QED) is 0.193. The lowest BCUT2D eigenvalue weighted by atomic mass is 9.92. The Morgan fingerprint density at radius 2 is 0.913 bits per heavy atom. The summed E-state index contributed by atoms with van der Waals surface area (Å²) < 4.78 is 56.6. The van der Waals surface area contributed by atoms with Crippen LogP contribution in [0.5, 0.6) is 46.0 Å². The van der Waals surface area contributed by atoms with Crippen molar-refractivity contribution >= 4 is 11.9 Å². The number of fused-ring (bicyclic) bond motifs is 2. The third-order valence-corrected chi connectivity index (χ3v) is 7.44. The fourth-order valence-electron chi connectivity index (χ4n) is 5.16. The molecule has 46 heavy (non-hydrogen) atoms. The smallest absolute Gasteiger partial charge is 0.338 e. The summed E-state index contributed by atoms with van der Waals surface area (Å²) >= 11 is 0. The molecule has 0 radical (unpaired) electrons. The van der Waals surface area contributed by atoms with Gasteiger partial charge in [0.05, 0.1) is 39.6 Å². The molecule has 4 aromatic rings. The minimum Gasteiger partial charge on any atom is -0.497 e. The average Bonchev–Trinajstić information content (AvgIpc) is 3.80. The molecule has 0 aliphatic carbocycles. The Labute approximate surface area is 264 Å². The first-order valence-electron chi connectivity index (χ1n) is 14.1. The number of rotatable bonds is 11. The number of carbonyl (C=O) groups excluding carboxylic acids is 2. The molecule has 0 saturated carbocycles. The summed E-state index contributed by atoms with van der Waals surface area (Å²) in [6.07, 6.45) is 0. The Kier molecular flexibility index (Phi) is 8.59. The van der Waals surface area contributed by atoms with Gasteiger partial charge in [0.25, 0.3) is 0 Å². The van der Waals surface area contributed by atoms with Crippen molar-refractivity contribution in [1.29, 1.82) is 0 Å². The maximum Gasteiger partial charge on any atom is 0.338 e. The summed E-state index contributed by atoms with van der Waals surface area (Å²) in [6.45, 7) is -0.517. The van der Waals surface area contributed by atoms with Crippen molar-refractivity contribution in [3.63, 3.8) is 0 Å². The van der Waals surface area contributed by atoms with Gasteiger partial charge < -0.3 is 47.4 Å². The molecule has 6 rings (SSSR count). The van der Waals surface area contributed by atoms with Crippen LogP contribution < -0.4 is 37.9 Å². The summed E-state index contributed by atoms with van der Waals surface area (Å²) in [5.41, 5.74) is 2.65. The van der Waals surface area contributed by atoms with E-state index in [0.29, 0.717) is 79.4 Å². The van der Waals surface area contributed by atoms with Gasteiger partial charge in [-0.25, -0.2) is 9.59 Å². The average molecular weight is 631 g/mol. The molecule has 238 valence electrons. The number of hydrogen-bond acceptors (Lipinski definition) is 12. The highest BCUT2D eigenvalue weighted by atomic mass is 16.7. The van der Waals surface area contributed by atoms with Crippen molar-refractivity contribution < 1.29 is 57.0 Å². The summed E-state index contributed by atoms with van der Waals surface area (Å²) in [5, 5.41) is 0. The van der Waals surface area contributed by atoms with E-state index in [4.69, 9.17) is 47.4 Å². The fourth-order valence-corrected chi connectivity index (χ4v) is 5.16. The van der Waals surface area contributed by atoms with Crippen LogP contribution in [-0.2, 0) is 22.7 Å². The van der Waals surface area contributed by atoms with Crippen molar-refractivity contribution in [1.82, 2.24) is 0 Å². The van der Waals surface area contributed by atoms with Crippen molar-refractivity contribution in [2.75, 3.05) is 42.0 Å². The molecule has 12 heteroatoms. The molecule has 0 saturated heterocycles. The summed E-state index contributed by atoms with van der Waals surface area (Å²) in [4.78, 5) is 26.1. The summed E-state index contributed by atoms with van der Waals surface area (Å²) in [7, 11) is 6.08. The van der Waals surface area contributed by atoms with E-state index in [1.165, 1.54) is 14.2 Å². The minimum absolute atomic E-state index is 0.0781. The molecule has 2 aliphatic heterocycles. The van der Waals surface area contributed by atoms with Gasteiger partial charge in [-0.2, -0.15) is 0 Å². The van der Waals surface area contributed by atoms with Crippen LogP contribution in [-0.4, -0.2) is 54.0 Å². The van der Waals surface area contributed by atoms with Crippen LogP contribution >= 0.6 is 0 Å². The SMILES string of the molecule is COc1ccc(C(=O)OCc2cc(OC)c3c(c2-c2c(COC(=O)c4ccc(OC)cc4)cc(OC)c4c2OCO4)OCO3)cc1. The zero-order valence-corrected chi connectivity index (χ0v) is 25.5. The highest BCUT2D eigenvalue weighted by molar-refractivity contribution is 5.92. The van der Waals surface area contributed by atoms with Gasteiger partial charge >= 0.3 is 11.9 Å². The molecule has 0 atom stereocenters. The molecule has 0 N–H and O–H groups in total. The predicted octanol–water partition coefficient (Wildman–Crippen LogP) is 5.56. The zero-order valence-electron chi connectivity index (χ0n) is 25.5. The van der Waals surface area contributed by atoms with Crippen molar-refractivity contribution in [2.24, 2.45) is 0 Å². The predicted molar refractivity (Wildman–Crippen MR) is 161 cm³/mol. The molecule has 12 nitrogen and oxygen atoms in total. The molecular formula is C34H30O12. The second-order valence-electron chi connectivity index (χ2n) is 9.96. The van der Waals surface area contributed by atoms with E-state index in [9.17, 15) is 9.59 Å². The van der Waals surface area contributed by atoms with Crippen LogP contribution in [0.1, 0.15) is 31.8 Å². The normalized spacial score (nSPS) is 12.3. The third kappa shape index (κ3) is 5.72. The molecule has 0 bridgehead atoms. The Morgan fingerprint density at radius 1 is 0.543 bits per heavy atom. The molecule has 0 aromatic heterocycles. The van der Waals surface area contributed by atoms with Crippen LogP contribution in [0.25, 0.3) is 11.1 Å². The van der Waals surface area contributed by atoms with E-state index in [2.05, 4.69) is 0 Å². The van der Waals surface area contributed by atoms with E-state index in [0.717, 1.165) is 0 Å². The van der Waals surface area contributed by atoms with Crippen LogP contribution in [0, 0.1) is 0 Å². The van der Waals surface area contributed by atoms with E-state index in [-0.39, 0.29) is 26.8 Å². The van der Waals surface area contributed by atoms with Gasteiger partial charge in [0.15, 0.2) is 23.0 Å². The van der Waals surface area contributed by atoms with Gasteiger partial charge in [-0.3, -0.25) is 0 Å². The Bertz CT molecular complexity index is 1630. The maximum absolute atomic E-state index is 13.1. The van der Waals surface area contributed by atoms with Crippen molar-refractivity contribution in [3.05, 3.63) is 82.9 Å².